The maximum absolute atomic E-state index is 11.4. The number of methoxy groups -OCH3 is 1. The van der Waals surface area contributed by atoms with Crippen molar-refractivity contribution in [2.24, 2.45) is 0 Å². The van der Waals surface area contributed by atoms with Gasteiger partial charge in [-0.05, 0) is 99.2 Å². The van der Waals surface area contributed by atoms with E-state index >= 15 is 0 Å². The minimum Gasteiger partial charge on any atom is -0.494 e. The van der Waals surface area contributed by atoms with Crippen molar-refractivity contribution in [3.8, 4) is 22.9 Å². The van der Waals surface area contributed by atoms with E-state index in [1.165, 1.54) is 24.8 Å². The van der Waals surface area contributed by atoms with Crippen LogP contribution in [0.4, 0.5) is 11.4 Å². The second kappa shape index (κ2) is 11.8. The molecule has 10 heteroatoms. The van der Waals surface area contributed by atoms with Gasteiger partial charge < -0.3 is 24.3 Å². The molecule has 44 heavy (non-hydrogen) atoms. The van der Waals surface area contributed by atoms with E-state index in [4.69, 9.17) is 21.7 Å². The molecule has 9 nitrogen and oxygen atoms in total. The fourth-order valence-corrected chi connectivity index (χ4v) is 6.13. The summed E-state index contributed by atoms with van der Waals surface area (Å²) < 4.78 is 13.7. The second-order valence-electron chi connectivity index (χ2n) is 10.7. The van der Waals surface area contributed by atoms with Crippen molar-refractivity contribution in [3.63, 3.8) is 0 Å². The first-order valence-electron chi connectivity index (χ1n) is 14.1. The zero-order chi connectivity index (χ0) is 31.0. The molecule has 3 aromatic carbocycles. The number of nitro groups is 1. The van der Waals surface area contributed by atoms with Crippen molar-refractivity contribution >= 4 is 28.7 Å². The third kappa shape index (κ3) is 5.35. The van der Waals surface area contributed by atoms with Gasteiger partial charge in [0.2, 0.25) is 0 Å². The Morgan fingerprint density at radius 2 is 1.64 bits per heavy atom. The van der Waals surface area contributed by atoms with Crippen LogP contribution in [0.2, 0.25) is 0 Å². The number of hydrogen-bond donors (Lipinski definition) is 1. The Bertz CT molecular complexity index is 1840. The molecule has 1 aliphatic rings. The van der Waals surface area contributed by atoms with Crippen molar-refractivity contribution in [1.82, 2.24) is 14.9 Å². The molecule has 1 fully saturated rings. The van der Waals surface area contributed by atoms with Crippen LogP contribution in [0.1, 0.15) is 40.3 Å². The quantitative estimate of drug-likeness (QED) is 0.109. The van der Waals surface area contributed by atoms with Gasteiger partial charge in [-0.25, -0.2) is 0 Å². The summed E-state index contributed by atoms with van der Waals surface area (Å²) in [5.74, 6) is 1.90. The highest BCUT2D eigenvalue weighted by molar-refractivity contribution is 7.80. The van der Waals surface area contributed by atoms with Gasteiger partial charge in [-0.15, -0.1) is 0 Å². The number of nitrogens with one attached hydrogen (secondary N) is 1. The van der Waals surface area contributed by atoms with Gasteiger partial charge in [0.15, 0.2) is 5.11 Å². The Morgan fingerprint density at radius 3 is 2.27 bits per heavy atom. The lowest BCUT2D eigenvalue weighted by atomic mass is 9.96. The van der Waals surface area contributed by atoms with Crippen molar-refractivity contribution in [3.05, 3.63) is 136 Å². The van der Waals surface area contributed by atoms with Crippen LogP contribution in [0.3, 0.4) is 0 Å². The lowest BCUT2D eigenvalue weighted by Crippen LogP contribution is -2.29. The number of benzene rings is 3. The van der Waals surface area contributed by atoms with Crippen molar-refractivity contribution in [1.29, 1.82) is 0 Å². The number of thiocarbonyl (C=S) groups is 1. The first kappa shape index (κ1) is 28.9. The number of aryl methyl sites for hydroxylation is 2. The molecule has 0 radical (unpaired) electrons. The summed E-state index contributed by atoms with van der Waals surface area (Å²) >= 11 is 5.95. The molecule has 1 aliphatic heterocycles. The van der Waals surface area contributed by atoms with E-state index in [-0.39, 0.29) is 17.8 Å². The highest BCUT2D eigenvalue weighted by Crippen LogP contribution is 2.44. The number of non-ortho nitro benzene ring substituents is 1. The molecule has 1 N–H and O–H groups in total. The number of nitrogens with zero attached hydrogens (tertiary/aromatic N) is 4. The Morgan fingerprint density at radius 1 is 0.932 bits per heavy atom. The first-order chi connectivity index (χ1) is 21.2. The molecular formula is C34H31N5O4S. The van der Waals surface area contributed by atoms with Crippen LogP contribution in [0.25, 0.3) is 5.69 Å². The third-order valence-electron chi connectivity index (χ3n) is 7.87. The van der Waals surface area contributed by atoms with Gasteiger partial charge >= 0.3 is 0 Å². The maximum atomic E-state index is 11.4. The SMILES string of the molecule is COc1cc([N+](=O)[O-])ccc1-n1c(C)cc([C@H]2[C@@H](c3ccccn3)NC(=S)N2c2ccc(Oc3ccc(C)cc3)cc2)c1C. The number of pyridine rings is 1. The molecule has 2 atom stereocenters. The van der Waals surface area contributed by atoms with E-state index < -0.39 is 4.92 Å². The van der Waals surface area contributed by atoms with Crippen LogP contribution in [-0.4, -0.2) is 26.7 Å². The number of ether oxygens (including phenoxy) is 2. The van der Waals surface area contributed by atoms with Gasteiger partial charge in [0.05, 0.1) is 41.6 Å². The van der Waals surface area contributed by atoms with Gasteiger partial charge in [-0.1, -0.05) is 23.8 Å². The second-order valence-corrected chi connectivity index (χ2v) is 11.1. The van der Waals surface area contributed by atoms with Crippen LogP contribution < -0.4 is 19.7 Å². The lowest BCUT2D eigenvalue weighted by Gasteiger charge is -2.28. The molecule has 0 aliphatic carbocycles. The number of nitro benzene ring substituents is 1. The normalized spacial score (nSPS) is 16.1. The van der Waals surface area contributed by atoms with Gasteiger partial charge in [-0.3, -0.25) is 15.1 Å². The molecule has 5 aromatic rings. The first-order valence-corrected chi connectivity index (χ1v) is 14.5. The monoisotopic (exact) mass is 605 g/mol. The smallest absolute Gasteiger partial charge is 0.273 e. The molecule has 6 rings (SSSR count). The lowest BCUT2D eigenvalue weighted by molar-refractivity contribution is -0.384. The number of aromatic nitrogens is 2. The van der Waals surface area contributed by atoms with Gasteiger partial charge in [0, 0.05) is 29.3 Å². The predicted octanol–water partition coefficient (Wildman–Crippen LogP) is 7.68. The highest BCUT2D eigenvalue weighted by atomic mass is 32.1. The summed E-state index contributed by atoms with van der Waals surface area (Å²) in [6, 6.07) is 28.0. The van der Waals surface area contributed by atoms with Crippen LogP contribution in [0, 0.1) is 30.9 Å². The van der Waals surface area contributed by atoms with Crippen LogP contribution in [-0.2, 0) is 0 Å². The largest absolute Gasteiger partial charge is 0.494 e. The van der Waals surface area contributed by atoms with E-state index in [1.54, 1.807) is 12.3 Å². The van der Waals surface area contributed by atoms with Crippen LogP contribution in [0.15, 0.2) is 97.2 Å². The average molecular weight is 606 g/mol. The zero-order valence-corrected chi connectivity index (χ0v) is 25.5. The Labute approximate surface area is 260 Å². The number of hydrogen-bond acceptors (Lipinski definition) is 6. The Hall–Kier alpha value is -5.22. The zero-order valence-electron chi connectivity index (χ0n) is 24.7. The van der Waals surface area contributed by atoms with E-state index in [9.17, 15) is 10.1 Å². The topological polar surface area (TPSA) is 94.7 Å². The average Bonchev–Trinajstić information content (AvgIpc) is 3.53. The fourth-order valence-electron chi connectivity index (χ4n) is 5.79. The van der Waals surface area contributed by atoms with Crippen LogP contribution in [0.5, 0.6) is 17.2 Å². The molecule has 0 spiro atoms. The Kier molecular flexibility index (Phi) is 7.75. The molecule has 0 bridgehead atoms. The molecule has 0 unspecified atom stereocenters. The van der Waals surface area contributed by atoms with Gasteiger partial charge in [-0.2, -0.15) is 0 Å². The van der Waals surface area contributed by atoms with Crippen LogP contribution >= 0.6 is 12.2 Å². The number of rotatable bonds is 8. The van der Waals surface area contributed by atoms with Crippen molar-refractivity contribution in [2.75, 3.05) is 12.0 Å². The van der Waals surface area contributed by atoms with E-state index in [0.29, 0.717) is 16.5 Å². The minimum absolute atomic E-state index is 0.0326. The maximum Gasteiger partial charge on any atom is 0.273 e. The summed E-state index contributed by atoms with van der Waals surface area (Å²) in [5.41, 5.74) is 6.55. The van der Waals surface area contributed by atoms with E-state index in [2.05, 4.69) is 25.8 Å². The number of anilines is 1. The van der Waals surface area contributed by atoms with E-state index in [1.807, 2.05) is 87.5 Å². The molecule has 0 amide bonds. The summed E-state index contributed by atoms with van der Waals surface area (Å²) in [7, 11) is 1.52. The minimum atomic E-state index is -0.426. The molecule has 2 aromatic heterocycles. The molecule has 222 valence electrons. The summed E-state index contributed by atoms with van der Waals surface area (Å²) in [6.45, 7) is 6.09. The summed E-state index contributed by atoms with van der Waals surface area (Å²) in [5, 5.41) is 15.5. The molecule has 3 heterocycles. The fraction of sp³-hybridized carbons (Fsp3) is 0.176. The predicted molar refractivity (Wildman–Crippen MR) is 174 cm³/mol. The molecule has 0 saturated carbocycles. The summed E-state index contributed by atoms with van der Waals surface area (Å²) in [6.07, 6.45) is 1.78. The Balaban J connectivity index is 1.42. The van der Waals surface area contributed by atoms with E-state index in [0.717, 1.165) is 39.8 Å². The van der Waals surface area contributed by atoms with Gasteiger partial charge in [0.1, 0.15) is 17.2 Å². The van der Waals surface area contributed by atoms with Gasteiger partial charge in [0.25, 0.3) is 5.69 Å². The molecule has 1 saturated heterocycles. The highest BCUT2D eigenvalue weighted by Gasteiger charge is 2.42. The molecular weight excluding hydrogens is 574 g/mol. The van der Waals surface area contributed by atoms with Crippen molar-refractivity contribution in [2.45, 2.75) is 32.9 Å². The standard InChI is InChI=1S/C34H31N5O4S/c1-21-8-13-26(14-9-21)43-27-15-10-24(11-16-27)38-33(32(36-34(38)44)29-7-5-6-18-35-29)28-19-22(2)37(23(28)3)30-17-12-25(39(40)41)20-31(30)42-4/h5-20,32-33H,1-4H3,(H,36,44)/t32-,33+/m1/s1. The van der Waals surface area contributed by atoms with Crippen molar-refractivity contribution < 1.29 is 14.4 Å². The summed E-state index contributed by atoms with van der Waals surface area (Å²) in [4.78, 5) is 17.8. The third-order valence-corrected chi connectivity index (χ3v) is 8.19.